The van der Waals surface area contributed by atoms with Crippen molar-refractivity contribution < 1.29 is 61.8 Å². The third kappa shape index (κ3) is 23.4. The van der Waals surface area contributed by atoms with Gasteiger partial charge in [-0.3, -0.25) is 4.79 Å². The Balaban J connectivity index is 1.70. The Morgan fingerprint density at radius 1 is 0.465 bits per heavy atom. The van der Waals surface area contributed by atoms with E-state index in [1.54, 1.807) is 37.3 Å². The predicted octanol–water partition coefficient (Wildman–Crippen LogP) is 1.66. The van der Waals surface area contributed by atoms with E-state index in [-0.39, 0.29) is 19.8 Å². The average Bonchev–Trinajstić information content (AvgIpc) is 3.02. The summed E-state index contributed by atoms with van der Waals surface area (Å²) in [5.41, 5.74) is 0.654. The summed E-state index contributed by atoms with van der Waals surface area (Å²) in [4.78, 5) is 34.7. The minimum atomic E-state index is -0.901. The molecule has 43 heavy (non-hydrogen) atoms. The molecule has 1 rings (SSSR count). The molecule has 0 saturated heterocycles. The molecule has 0 unspecified atom stereocenters. The molecule has 244 valence electrons. The quantitative estimate of drug-likeness (QED) is 0.0408. The lowest BCUT2D eigenvalue weighted by atomic mass is 10.1. The van der Waals surface area contributed by atoms with Gasteiger partial charge in [0.1, 0.15) is 13.2 Å². The van der Waals surface area contributed by atoms with E-state index in [1.807, 2.05) is 0 Å². The monoisotopic (exact) mass is 614 g/mol. The zero-order valence-electron chi connectivity index (χ0n) is 25.1. The first-order valence-corrected chi connectivity index (χ1v) is 14.2. The van der Waals surface area contributed by atoms with E-state index in [4.69, 9.17) is 47.4 Å². The van der Waals surface area contributed by atoms with Crippen molar-refractivity contribution >= 4 is 17.7 Å². The normalized spacial score (nSPS) is 10.9. The molecular formula is C30H46O13. The first-order valence-electron chi connectivity index (χ1n) is 14.2. The third-order valence-corrected chi connectivity index (χ3v) is 5.10. The summed E-state index contributed by atoms with van der Waals surface area (Å²) in [7, 11) is 0. The van der Waals surface area contributed by atoms with Crippen LogP contribution in [-0.4, -0.2) is 137 Å². The smallest absolute Gasteiger partial charge is 0.379 e. The van der Waals surface area contributed by atoms with Crippen molar-refractivity contribution in [3.8, 4) is 0 Å². The van der Waals surface area contributed by atoms with Crippen molar-refractivity contribution in [2.24, 2.45) is 0 Å². The number of hydrogen-bond acceptors (Lipinski definition) is 13. The lowest BCUT2D eigenvalue weighted by molar-refractivity contribution is -0.141. The Kier molecular flexibility index (Phi) is 25.0. The lowest BCUT2D eigenvalue weighted by Crippen LogP contribution is -2.20. The highest BCUT2D eigenvalue weighted by Crippen LogP contribution is 2.01. The van der Waals surface area contributed by atoms with E-state index in [0.29, 0.717) is 110 Å². The Bertz CT molecular complexity index is 863. The van der Waals surface area contributed by atoms with E-state index in [9.17, 15) is 14.4 Å². The Hall–Kier alpha value is -2.75. The Labute approximate surface area is 253 Å². The maximum atomic E-state index is 11.9. The number of ketones is 1. The first kappa shape index (κ1) is 38.3. The van der Waals surface area contributed by atoms with Gasteiger partial charge in [0.2, 0.25) is 0 Å². The van der Waals surface area contributed by atoms with Gasteiger partial charge in [-0.25, -0.2) is 9.59 Å². The second-order valence-electron chi connectivity index (χ2n) is 8.65. The van der Waals surface area contributed by atoms with Crippen LogP contribution in [0.1, 0.15) is 17.3 Å². The number of carbonyl (C=O) groups excluding carboxylic acids is 3. The number of benzene rings is 1. The molecule has 0 bridgehead atoms. The molecule has 0 aliphatic carbocycles. The minimum absolute atomic E-state index is 0.00669. The number of carbonyl (C=O) groups is 3. The summed E-state index contributed by atoms with van der Waals surface area (Å²) in [6.07, 6.45) is 0. The molecule has 0 atom stereocenters. The van der Waals surface area contributed by atoms with Crippen molar-refractivity contribution in [3.05, 3.63) is 48.0 Å². The number of hydrogen-bond donors (Lipinski definition) is 0. The number of rotatable bonds is 30. The van der Waals surface area contributed by atoms with Gasteiger partial charge in [-0.2, -0.15) is 0 Å². The molecule has 0 aromatic heterocycles. The standard InChI is InChI=1S/C30H46O13/c1-26(2)29(32)42-24-22-40-20-18-38-16-14-36-12-10-34-8-9-35-11-13-37-15-17-39-19-21-41-23-25-43-30(33)28(31)27-6-4-3-5-7-27/h3-7H,1,8-25H2,2H3. The fraction of sp³-hybridized carbons (Fsp3) is 0.633. The van der Waals surface area contributed by atoms with Crippen molar-refractivity contribution in [1.29, 1.82) is 0 Å². The van der Waals surface area contributed by atoms with Crippen LogP contribution in [0.2, 0.25) is 0 Å². The van der Waals surface area contributed by atoms with Crippen molar-refractivity contribution in [3.63, 3.8) is 0 Å². The molecule has 0 radical (unpaired) electrons. The third-order valence-electron chi connectivity index (χ3n) is 5.10. The van der Waals surface area contributed by atoms with Crippen LogP contribution < -0.4 is 0 Å². The largest absolute Gasteiger partial charge is 0.460 e. The van der Waals surface area contributed by atoms with Crippen molar-refractivity contribution in [2.45, 2.75) is 6.92 Å². The molecular weight excluding hydrogens is 568 g/mol. The number of ether oxygens (including phenoxy) is 10. The van der Waals surface area contributed by atoms with E-state index in [2.05, 4.69) is 6.58 Å². The highest BCUT2D eigenvalue weighted by molar-refractivity contribution is 6.40. The van der Waals surface area contributed by atoms with Crippen LogP contribution >= 0.6 is 0 Å². The van der Waals surface area contributed by atoms with Crippen LogP contribution in [0.3, 0.4) is 0 Å². The summed E-state index contributed by atoms with van der Waals surface area (Å²) < 4.78 is 52.9. The summed E-state index contributed by atoms with van der Waals surface area (Å²) >= 11 is 0. The molecule has 0 aliphatic rings. The molecule has 0 amide bonds. The maximum absolute atomic E-state index is 11.9. The summed E-state index contributed by atoms with van der Waals surface area (Å²) in [6, 6.07) is 8.24. The summed E-state index contributed by atoms with van der Waals surface area (Å²) in [5.74, 6) is -2.00. The second kappa shape index (κ2) is 28.0. The first-order chi connectivity index (χ1) is 21.0. The fourth-order valence-electron chi connectivity index (χ4n) is 2.92. The molecule has 0 heterocycles. The molecule has 13 nitrogen and oxygen atoms in total. The minimum Gasteiger partial charge on any atom is -0.460 e. The molecule has 0 aliphatic heterocycles. The van der Waals surface area contributed by atoms with Gasteiger partial charge in [-0.15, -0.1) is 0 Å². The molecule has 13 heteroatoms. The van der Waals surface area contributed by atoms with E-state index >= 15 is 0 Å². The zero-order chi connectivity index (χ0) is 31.2. The Morgan fingerprint density at radius 3 is 1.05 bits per heavy atom. The van der Waals surface area contributed by atoms with Crippen molar-refractivity contribution in [1.82, 2.24) is 0 Å². The average molecular weight is 615 g/mol. The van der Waals surface area contributed by atoms with E-state index in [1.165, 1.54) is 0 Å². The Morgan fingerprint density at radius 2 is 0.744 bits per heavy atom. The van der Waals surface area contributed by atoms with Gasteiger partial charge in [-0.05, 0) is 6.92 Å². The zero-order valence-corrected chi connectivity index (χ0v) is 25.1. The van der Waals surface area contributed by atoms with Gasteiger partial charge < -0.3 is 47.4 Å². The predicted molar refractivity (Wildman–Crippen MR) is 154 cm³/mol. The SMILES string of the molecule is C=C(C)C(=O)OCCOCCOCCOCCOCCOCCOCCOCCOCCOC(=O)C(=O)c1ccccc1. The summed E-state index contributed by atoms with van der Waals surface area (Å²) in [5, 5.41) is 0. The molecule has 0 saturated carbocycles. The molecule has 0 fully saturated rings. The van der Waals surface area contributed by atoms with E-state index in [0.717, 1.165) is 0 Å². The number of esters is 2. The summed E-state index contributed by atoms with van der Waals surface area (Å²) in [6.45, 7) is 11.8. The van der Waals surface area contributed by atoms with Gasteiger partial charge >= 0.3 is 11.9 Å². The molecule has 0 N–H and O–H groups in total. The van der Waals surface area contributed by atoms with Gasteiger partial charge in [0.15, 0.2) is 0 Å². The van der Waals surface area contributed by atoms with E-state index < -0.39 is 17.7 Å². The molecule has 1 aromatic rings. The number of Topliss-reactive ketones (excluding diaryl/α,β-unsaturated/α-hetero) is 1. The lowest BCUT2D eigenvalue weighted by Gasteiger charge is -2.09. The van der Waals surface area contributed by atoms with Gasteiger partial charge in [-0.1, -0.05) is 36.9 Å². The van der Waals surface area contributed by atoms with Crippen LogP contribution in [0.4, 0.5) is 0 Å². The van der Waals surface area contributed by atoms with Crippen molar-refractivity contribution in [2.75, 3.05) is 119 Å². The van der Waals surface area contributed by atoms with Crippen LogP contribution in [-0.2, 0) is 57.0 Å². The maximum Gasteiger partial charge on any atom is 0.379 e. The molecule has 1 aromatic carbocycles. The van der Waals surface area contributed by atoms with Gasteiger partial charge in [0, 0.05) is 11.1 Å². The second-order valence-corrected chi connectivity index (χ2v) is 8.65. The highest BCUT2D eigenvalue weighted by atomic mass is 16.6. The highest BCUT2D eigenvalue weighted by Gasteiger charge is 2.17. The van der Waals surface area contributed by atoms with Crippen LogP contribution in [0, 0.1) is 0 Å². The van der Waals surface area contributed by atoms with Crippen LogP contribution in [0.5, 0.6) is 0 Å². The topological polar surface area (TPSA) is 144 Å². The molecule has 0 spiro atoms. The van der Waals surface area contributed by atoms with Gasteiger partial charge in [0.25, 0.3) is 5.78 Å². The fourth-order valence-corrected chi connectivity index (χ4v) is 2.92. The van der Waals surface area contributed by atoms with Crippen LogP contribution in [0.25, 0.3) is 0 Å². The van der Waals surface area contributed by atoms with Gasteiger partial charge in [0.05, 0.1) is 106 Å². The van der Waals surface area contributed by atoms with Crippen LogP contribution in [0.15, 0.2) is 42.5 Å².